The van der Waals surface area contributed by atoms with Gasteiger partial charge >= 0.3 is 0 Å². The Balaban J connectivity index is 1.97. The van der Waals surface area contributed by atoms with Gasteiger partial charge in [-0.2, -0.15) is 0 Å². The van der Waals surface area contributed by atoms with Gasteiger partial charge in [-0.25, -0.2) is 8.78 Å². The molecule has 7 heteroatoms. The second-order valence-electron chi connectivity index (χ2n) is 4.01. The molecule has 21 heavy (non-hydrogen) atoms. The first kappa shape index (κ1) is 15.7. The third kappa shape index (κ3) is 4.15. The average Bonchev–Trinajstić information content (AvgIpc) is 2.43. The van der Waals surface area contributed by atoms with Crippen LogP contribution < -0.4 is 10.1 Å². The van der Waals surface area contributed by atoms with Crippen molar-refractivity contribution in [1.82, 2.24) is 0 Å². The van der Waals surface area contributed by atoms with Gasteiger partial charge in [-0.1, -0.05) is 33.6 Å². The van der Waals surface area contributed by atoms with Gasteiger partial charge in [0.15, 0.2) is 24.0 Å². The van der Waals surface area contributed by atoms with E-state index in [1.807, 2.05) is 0 Å². The van der Waals surface area contributed by atoms with Gasteiger partial charge in [0, 0.05) is 4.47 Å². The zero-order valence-electron chi connectivity index (χ0n) is 10.5. The predicted molar refractivity (Wildman–Crippen MR) is 79.6 cm³/mol. The second kappa shape index (κ2) is 6.87. The van der Waals surface area contributed by atoms with Crippen molar-refractivity contribution in [1.29, 1.82) is 0 Å². The quantitative estimate of drug-likeness (QED) is 0.859. The number of ether oxygens (including phenoxy) is 1. The fourth-order valence-corrected chi connectivity index (χ4v) is 2.03. The zero-order chi connectivity index (χ0) is 15.4. The van der Waals surface area contributed by atoms with E-state index in [0.717, 1.165) is 0 Å². The first-order valence-electron chi connectivity index (χ1n) is 5.79. The Hall–Kier alpha value is -1.66. The molecule has 0 heterocycles. The highest BCUT2D eigenvalue weighted by molar-refractivity contribution is 9.10. The van der Waals surface area contributed by atoms with E-state index in [1.165, 1.54) is 30.3 Å². The fraction of sp³-hybridized carbons (Fsp3) is 0.0714. The van der Waals surface area contributed by atoms with E-state index in [9.17, 15) is 13.6 Å². The molecule has 1 N–H and O–H groups in total. The molecule has 0 spiro atoms. The Bertz CT molecular complexity index is 682. The molecule has 0 bridgehead atoms. The van der Waals surface area contributed by atoms with Crippen molar-refractivity contribution in [3.8, 4) is 5.75 Å². The molecule has 2 aromatic carbocycles. The highest BCUT2D eigenvalue weighted by Gasteiger charge is 2.11. The number of rotatable bonds is 4. The monoisotopic (exact) mass is 375 g/mol. The summed E-state index contributed by atoms with van der Waals surface area (Å²) in [6.45, 7) is -0.454. The third-order valence-corrected chi connectivity index (χ3v) is 3.26. The van der Waals surface area contributed by atoms with Crippen molar-refractivity contribution >= 4 is 39.1 Å². The van der Waals surface area contributed by atoms with Crippen LogP contribution in [0.2, 0.25) is 5.02 Å². The Morgan fingerprint density at radius 3 is 2.76 bits per heavy atom. The van der Waals surface area contributed by atoms with Gasteiger partial charge in [-0.05, 0) is 30.3 Å². The van der Waals surface area contributed by atoms with Crippen molar-refractivity contribution in [3.05, 3.63) is 57.5 Å². The number of halogens is 4. The molecule has 3 nitrogen and oxygen atoms in total. The van der Waals surface area contributed by atoms with E-state index in [2.05, 4.69) is 21.2 Å². The van der Waals surface area contributed by atoms with Gasteiger partial charge in [0.25, 0.3) is 5.91 Å². The third-order valence-electron chi connectivity index (χ3n) is 2.48. The largest absolute Gasteiger partial charge is 0.481 e. The van der Waals surface area contributed by atoms with Crippen molar-refractivity contribution in [2.45, 2.75) is 0 Å². The molecule has 110 valence electrons. The SMILES string of the molecule is O=C(COc1ccc(Br)cc1F)Nc1cccc(Cl)c1F. The first-order chi connectivity index (χ1) is 9.97. The van der Waals surface area contributed by atoms with Crippen LogP contribution in [-0.2, 0) is 4.79 Å². The molecule has 0 unspecified atom stereocenters. The Labute approximate surface area is 133 Å². The number of carbonyl (C=O) groups excluding carboxylic acids is 1. The van der Waals surface area contributed by atoms with Crippen LogP contribution in [0.15, 0.2) is 40.9 Å². The van der Waals surface area contributed by atoms with Gasteiger partial charge in [0.1, 0.15) is 0 Å². The predicted octanol–water partition coefficient (Wildman–Crippen LogP) is 4.40. The molecule has 0 aliphatic carbocycles. The van der Waals surface area contributed by atoms with Crippen LogP contribution >= 0.6 is 27.5 Å². The van der Waals surface area contributed by atoms with E-state index in [4.69, 9.17) is 16.3 Å². The Morgan fingerprint density at radius 1 is 1.29 bits per heavy atom. The molecule has 2 aromatic rings. The lowest BCUT2D eigenvalue weighted by atomic mass is 10.3. The van der Waals surface area contributed by atoms with Crippen LogP contribution in [0.25, 0.3) is 0 Å². The fourth-order valence-electron chi connectivity index (χ4n) is 1.52. The number of benzene rings is 2. The van der Waals surface area contributed by atoms with E-state index in [1.54, 1.807) is 6.07 Å². The molecule has 1 amide bonds. The molecule has 0 aliphatic heterocycles. The number of nitrogens with one attached hydrogen (secondary N) is 1. The Morgan fingerprint density at radius 2 is 2.05 bits per heavy atom. The van der Waals surface area contributed by atoms with E-state index in [0.29, 0.717) is 4.47 Å². The molecule has 0 aromatic heterocycles. The molecule has 2 rings (SSSR count). The maximum Gasteiger partial charge on any atom is 0.262 e. The lowest BCUT2D eigenvalue weighted by Gasteiger charge is -2.09. The smallest absolute Gasteiger partial charge is 0.262 e. The van der Waals surface area contributed by atoms with E-state index in [-0.39, 0.29) is 16.5 Å². The molecule has 0 aliphatic rings. The van der Waals surface area contributed by atoms with E-state index >= 15 is 0 Å². The highest BCUT2D eigenvalue weighted by atomic mass is 79.9. The van der Waals surface area contributed by atoms with Crippen LogP contribution in [0.5, 0.6) is 5.75 Å². The molecule has 0 atom stereocenters. The summed E-state index contributed by atoms with van der Waals surface area (Å²) in [6, 6.07) is 8.39. The number of hydrogen-bond acceptors (Lipinski definition) is 2. The van der Waals surface area contributed by atoms with Crippen molar-refractivity contribution in [2.24, 2.45) is 0 Å². The zero-order valence-corrected chi connectivity index (χ0v) is 12.8. The lowest BCUT2D eigenvalue weighted by molar-refractivity contribution is -0.118. The van der Waals surface area contributed by atoms with Gasteiger partial charge in [0.2, 0.25) is 0 Å². The molecule has 0 fully saturated rings. The van der Waals surface area contributed by atoms with E-state index < -0.39 is 24.1 Å². The first-order valence-corrected chi connectivity index (χ1v) is 6.96. The second-order valence-corrected chi connectivity index (χ2v) is 5.34. The summed E-state index contributed by atoms with van der Waals surface area (Å²) in [4.78, 5) is 11.6. The standard InChI is InChI=1S/C14H9BrClF2NO2/c15-8-4-5-12(10(17)6-8)21-7-13(20)19-11-3-1-2-9(16)14(11)18/h1-6H,7H2,(H,19,20). The summed E-state index contributed by atoms with van der Waals surface area (Å²) in [6.07, 6.45) is 0. The lowest BCUT2D eigenvalue weighted by Crippen LogP contribution is -2.21. The van der Waals surface area contributed by atoms with Crippen LogP contribution in [0, 0.1) is 11.6 Å². The maximum absolute atomic E-state index is 13.6. The van der Waals surface area contributed by atoms with Gasteiger partial charge in [-0.15, -0.1) is 0 Å². The molecular formula is C14H9BrClF2NO2. The summed E-state index contributed by atoms with van der Waals surface area (Å²) in [7, 11) is 0. The summed E-state index contributed by atoms with van der Waals surface area (Å²) >= 11 is 8.70. The van der Waals surface area contributed by atoms with Gasteiger partial charge < -0.3 is 10.1 Å². The summed E-state index contributed by atoms with van der Waals surface area (Å²) in [5.74, 6) is -2.04. The van der Waals surface area contributed by atoms with Crippen molar-refractivity contribution in [2.75, 3.05) is 11.9 Å². The maximum atomic E-state index is 13.6. The van der Waals surface area contributed by atoms with Crippen LogP contribution in [0.4, 0.5) is 14.5 Å². The summed E-state index contributed by atoms with van der Waals surface area (Å²) < 4.78 is 32.6. The number of hydrogen-bond donors (Lipinski definition) is 1. The number of carbonyl (C=O) groups is 1. The number of amides is 1. The number of anilines is 1. The summed E-state index contributed by atoms with van der Waals surface area (Å²) in [5, 5.41) is 2.19. The van der Waals surface area contributed by atoms with Gasteiger partial charge in [-0.3, -0.25) is 4.79 Å². The van der Waals surface area contributed by atoms with Gasteiger partial charge in [0.05, 0.1) is 10.7 Å². The van der Waals surface area contributed by atoms with Crippen LogP contribution in [0.3, 0.4) is 0 Å². The normalized spacial score (nSPS) is 10.3. The van der Waals surface area contributed by atoms with Crippen molar-refractivity contribution < 1.29 is 18.3 Å². The van der Waals surface area contributed by atoms with Crippen molar-refractivity contribution in [3.63, 3.8) is 0 Å². The topological polar surface area (TPSA) is 38.3 Å². The molecule has 0 saturated carbocycles. The highest BCUT2D eigenvalue weighted by Crippen LogP contribution is 2.23. The minimum atomic E-state index is -0.734. The minimum Gasteiger partial charge on any atom is -0.481 e. The van der Waals surface area contributed by atoms with Crippen LogP contribution in [-0.4, -0.2) is 12.5 Å². The molecular weight excluding hydrogens is 368 g/mol. The molecule has 0 radical (unpaired) electrons. The van der Waals surface area contributed by atoms with Crippen LogP contribution in [0.1, 0.15) is 0 Å². The Kier molecular flexibility index (Phi) is 5.14. The molecule has 0 saturated heterocycles. The average molecular weight is 377 g/mol. The minimum absolute atomic E-state index is 0.0626. The summed E-state index contributed by atoms with van der Waals surface area (Å²) in [5.41, 5.74) is -0.0626.